The minimum Gasteiger partial charge on any atom is -0.489 e. The zero-order valence-electron chi connectivity index (χ0n) is 27.7. The predicted molar refractivity (Wildman–Crippen MR) is 183 cm³/mol. The second-order valence-corrected chi connectivity index (χ2v) is 18.9. The third-order valence-electron chi connectivity index (χ3n) is 8.48. The van der Waals surface area contributed by atoms with Crippen molar-refractivity contribution in [3.8, 4) is 28.4 Å². The monoisotopic (exact) mass is 657 g/mol. The van der Waals surface area contributed by atoms with E-state index < -0.39 is 13.9 Å². The van der Waals surface area contributed by atoms with E-state index in [0.29, 0.717) is 42.2 Å². The van der Waals surface area contributed by atoms with E-state index in [1.54, 1.807) is 15.4 Å². The molecule has 2 aromatic heterocycles. The van der Waals surface area contributed by atoms with Gasteiger partial charge in [0.1, 0.15) is 37.2 Å². The number of benzene rings is 3. The average molecular weight is 658 g/mol. The Morgan fingerprint density at radius 2 is 1.87 bits per heavy atom. The van der Waals surface area contributed by atoms with Gasteiger partial charge >= 0.3 is 0 Å². The molecule has 6 rings (SSSR count). The van der Waals surface area contributed by atoms with Gasteiger partial charge < -0.3 is 19.3 Å². The van der Waals surface area contributed by atoms with Crippen molar-refractivity contribution < 1.29 is 23.7 Å². The molecule has 1 saturated heterocycles. The molecule has 0 aliphatic carbocycles. The maximum atomic E-state index is 16.5. The molecule has 248 valence electrons. The Hall–Kier alpha value is -3.90. The standard InChI is InChI=1S/C36H44FN5O4Si/c1-5-26-19-28(46-23-25-11-7-6-8-12-25)14-15-29(26)27-20-30(37)34-31(21-27)42(33-13-9-10-16-45-33)40-35(34)36-38-32(22-43)39-41(36)24-44-17-18-47(2,3)4/h6-8,11-12,14-15,19-21,33,43H,5,9-10,13,16-18,22-24H2,1-4H3. The Labute approximate surface area is 276 Å². The number of aliphatic hydroxyl groups excluding tert-OH is 1. The number of rotatable bonds is 13. The Morgan fingerprint density at radius 1 is 1.04 bits per heavy atom. The molecule has 0 amide bonds. The van der Waals surface area contributed by atoms with Crippen molar-refractivity contribution in [3.05, 3.63) is 83.4 Å². The number of halogens is 1. The largest absolute Gasteiger partial charge is 0.489 e. The third kappa shape index (κ3) is 7.64. The van der Waals surface area contributed by atoms with Gasteiger partial charge in [0.05, 0.1) is 10.9 Å². The number of aliphatic hydroxyl groups is 1. The van der Waals surface area contributed by atoms with Crippen LogP contribution < -0.4 is 4.74 Å². The first-order chi connectivity index (χ1) is 22.7. The molecule has 0 saturated carbocycles. The van der Waals surface area contributed by atoms with Gasteiger partial charge in [0, 0.05) is 21.3 Å². The molecule has 1 unspecified atom stereocenters. The van der Waals surface area contributed by atoms with E-state index in [2.05, 4.69) is 36.6 Å². The summed E-state index contributed by atoms with van der Waals surface area (Å²) in [4.78, 5) is 4.57. The normalized spacial score (nSPS) is 15.4. The second-order valence-electron chi connectivity index (χ2n) is 13.3. The minimum absolute atomic E-state index is 0.124. The van der Waals surface area contributed by atoms with Crippen LogP contribution in [-0.4, -0.2) is 50.9 Å². The van der Waals surface area contributed by atoms with Gasteiger partial charge in [-0.05, 0) is 78.2 Å². The van der Waals surface area contributed by atoms with Crippen LogP contribution in [0, 0.1) is 5.82 Å². The summed E-state index contributed by atoms with van der Waals surface area (Å²) in [6, 6.07) is 20.6. The van der Waals surface area contributed by atoms with E-state index in [9.17, 15) is 5.11 Å². The SMILES string of the molecule is CCc1cc(OCc2ccccc2)ccc1-c1cc(F)c2c(-c3nc(CO)nn3COCC[Si](C)(C)C)nn(C3CCCCO3)c2c1. The topological polar surface area (TPSA) is 96.5 Å². The predicted octanol–water partition coefficient (Wildman–Crippen LogP) is 7.75. The Bertz CT molecular complexity index is 1810. The first-order valence-corrected chi connectivity index (χ1v) is 20.2. The zero-order chi connectivity index (χ0) is 33.0. The highest BCUT2D eigenvalue weighted by Crippen LogP contribution is 2.38. The lowest BCUT2D eigenvalue weighted by atomic mass is 9.96. The van der Waals surface area contributed by atoms with Crippen molar-refractivity contribution in [1.82, 2.24) is 24.5 Å². The number of hydrogen-bond acceptors (Lipinski definition) is 7. The fourth-order valence-corrected chi connectivity index (χ4v) is 6.65. The highest BCUT2D eigenvalue weighted by molar-refractivity contribution is 6.76. The van der Waals surface area contributed by atoms with E-state index in [1.165, 1.54) is 0 Å². The molecule has 1 atom stereocenters. The molecule has 0 spiro atoms. The van der Waals surface area contributed by atoms with Crippen molar-refractivity contribution in [1.29, 1.82) is 0 Å². The second kappa shape index (κ2) is 14.5. The van der Waals surface area contributed by atoms with Crippen LogP contribution in [0.15, 0.2) is 60.7 Å². The van der Waals surface area contributed by atoms with Crippen LogP contribution >= 0.6 is 0 Å². The smallest absolute Gasteiger partial charge is 0.182 e. The summed E-state index contributed by atoms with van der Waals surface area (Å²) in [7, 11) is -1.29. The number of hydrogen-bond donors (Lipinski definition) is 1. The van der Waals surface area contributed by atoms with Crippen molar-refractivity contribution in [2.75, 3.05) is 13.2 Å². The maximum absolute atomic E-state index is 16.5. The summed E-state index contributed by atoms with van der Waals surface area (Å²) in [5.41, 5.74) is 4.79. The molecular formula is C36H44FN5O4Si. The molecule has 3 heterocycles. The molecule has 1 aliphatic rings. The van der Waals surface area contributed by atoms with Crippen LogP contribution in [0.5, 0.6) is 5.75 Å². The molecule has 0 bridgehead atoms. The van der Waals surface area contributed by atoms with Gasteiger partial charge in [-0.15, -0.1) is 0 Å². The highest BCUT2D eigenvalue weighted by Gasteiger charge is 2.28. The molecule has 9 nitrogen and oxygen atoms in total. The van der Waals surface area contributed by atoms with E-state index in [-0.39, 0.29) is 25.4 Å². The number of fused-ring (bicyclic) bond motifs is 1. The van der Waals surface area contributed by atoms with Crippen LogP contribution in [0.1, 0.15) is 49.4 Å². The Balaban J connectivity index is 1.39. The molecule has 47 heavy (non-hydrogen) atoms. The summed E-state index contributed by atoms with van der Waals surface area (Å²) in [5.74, 6) is 0.929. The van der Waals surface area contributed by atoms with Gasteiger partial charge in [0.2, 0.25) is 0 Å². The van der Waals surface area contributed by atoms with Gasteiger partial charge in [0.25, 0.3) is 0 Å². The summed E-state index contributed by atoms with van der Waals surface area (Å²) in [6.45, 7) is 10.4. The van der Waals surface area contributed by atoms with Crippen LogP contribution in [0.2, 0.25) is 25.7 Å². The molecule has 1 N–H and O–H groups in total. The van der Waals surface area contributed by atoms with Crippen molar-refractivity contribution >= 4 is 19.0 Å². The number of aryl methyl sites for hydroxylation is 1. The van der Waals surface area contributed by atoms with Crippen LogP contribution in [-0.2, 0) is 35.8 Å². The van der Waals surface area contributed by atoms with E-state index in [1.807, 2.05) is 54.6 Å². The molecule has 0 radical (unpaired) electrons. The van der Waals surface area contributed by atoms with Gasteiger partial charge in [0.15, 0.2) is 17.9 Å². The zero-order valence-corrected chi connectivity index (χ0v) is 28.7. The fourth-order valence-electron chi connectivity index (χ4n) is 5.89. The van der Waals surface area contributed by atoms with Crippen molar-refractivity contribution in [2.24, 2.45) is 0 Å². The van der Waals surface area contributed by atoms with Gasteiger partial charge in [-0.1, -0.05) is 63.0 Å². The summed E-state index contributed by atoms with van der Waals surface area (Å²) >= 11 is 0. The molecule has 11 heteroatoms. The lowest BCUT2D eigenvalue weighted by Crippen LogP contribution is -2.22. The first-order valence-electron chi connectivity index (χ1n) is 16.5. The number of ether oxygens (including phenoxy) is 3. The fraction of sp³-hybridized carbons (Fsp3) is 0.417. The average Bonchev–Trinajstić information content (AvgIpc) is 3.67. The lowest BCUT2D eigenvalue weighted by molar-refractivity contribution is -0.0365. The Morgan fingerprint density at radius 3 is 2.60 bits per heavy atom. The van der Waals surface area contributed by atoms with E-state index >= 15 is 4.39 Å². The van der Waals surface area contributed by atoms with Crippen LogP contribution in [0.4, 0.5) is 4.39 Å². The summed E-state index contributed by atoms with van der Waals surface area (Å²) in [6.07, 6.45) is 3.14. The number of nitrogens with zero attached hydrogens (tertiary/aromatic N) is 5. The number of aromatic nitrogens is 5. The molecule has 1 aliphatic heterocycles. The van der Waals surface area contributed by atoms with Crippen molar-refractivity contribution in [2.45, 2.75) is 84.5 Å². The quantitative estimate of drug-likeness (QED) is 0.102. The summed E-state index contributed by atoms with van der Waals surface area (Å²) in [5, 5.41) is 19.6. The van der Waals surface area contributed by atoms with Crippen LogP contribution in [0.25, 0.3) is 33.5 Å². The lowest BCUT2D eigenvalue weighted by Gasteiger charge is -2.23. The Kier molecular flexibility index (Phi) is 10.2. The van der Waals surface area contributed by atoms with Crippen molar-refractivity contribution in [3.63, 3.8) is 0 Å². The highest BCUT2D eigenvalue weighted by atomic mass is 28.3. The van der Waals surface area contributed by atoms with E-state index in [0.717, 1.165) is 59.7 Å². The summed E-state index contributed by atoms with van der Waals surface area (Å²) < 4.78 is 38.1. The van der Waals surface area contributed by atoms with Gasteiger partial charge in [-0.25, -0.2) is 18.7 Å². The molecule has 3 aromatic carbocycles. The third-order valence-corrected chi connectivity index (χ3v) is 10.2. The van der Waals surface area contributed by atoms with Crippen LogP contribution in [0.3, 0.4) is 0 Å². The van der Waals surface area contributed by atoms with E-state index in [4.69, 9.17) is 19.3 Å². The minimum atomic E-state index is -1.29. The molecule has 5 aromatic rings. The molecular weight excluding hydrogens is 614 g/mol. The first kappa shape index (κ1) is 33.0. The maximum Gasteiger partial charge on any atom is 0.182 e. The van der Waals surface area contributed by atoms with Gasteiger partial charge in [-0.2, -0.15) is 10.2 Å². The van der Waals surface area contributed by atoms with Gasteiger partial charge in [-0.3, -0.25) is 0 Å². The molecule has 1 fully saturated rings.